The Labute approximate surface area is 100 Å². The molecule has 0 spiro atoms. The number of hydrogen-bond acceptors (Lipinski definition) is 2. The van der Waals surface area contributed by atoms with Crippen molar-refractivity contribution >= 4 is 11.6 Å². The van der Waals surface area contributed by atoms with E-state index >= 15 is 0 Å². The molecule has 1 aliphatic heterocycles. The van der Waals surface area contributed by atoms with Crippen LogP contribution in [0.3, 0.4) is 0 Å². The van der Waals surface area contributed by atoms with E-state index < -0.39 is 0 Å². The Balaban J connectivity index is 2.02. The zero-order chi connectivity index (χ0) is 11.5. The van der Waals surface area contributed by atoms with E-state index in [9.17, 15) is 4.39 Å². The summed E-state index contributed by atoms with van der Waals surface area (Å²) in [5, 5.41) is 3.82. The first-order chi connectivity index (χ1) is 7.65. The van der Waals surface area contributed by atoms with Crippen molar-refractivity contribution in [3.63, 3.8) is 0 Å². The summed E-state index contributed by atoms with van der Waals surface area (Å²) >= 11 is 5.72. The van der Waals surface area contributed by atoms with E-state index in [0.29, 0.717) is 17.6 Å². The van der Waals surface area contributed by atoms with Crippen LogP contribution in [0.25, 0.3) is 0 Å². The van der Waals surface area contributed by atoms with Crippen molar-refractivity contribution in [2.45, 2.75) is 19.5 Å². The maximum atomic E-state index is 13.6. The van der Waals surface area contributed by atoms with Crippen LogP contribution < -0.4 is 5.32 Å². The van der Waals surface area contributed by atoms with Gasteiger partial charge in [0, 0.05) is 42.8 Å². The summed E-state index contributed by atoms with van der Waals surface area (Å²) in [6.07, 6.45) is 0. The summed E-state index contributed by atoms with van der Waals surface area (Å²) < 4.78 is 13.6. The van der Waals surface area contributed by atoms with Crippen molar-refractivity contribution in [1.82, 2.24) is 10.2 Å². The van der Waals surface area contributed by atoms with Crippen molar-refractivity contribution in [2.24, 2.45) is 0 Å². The Hall–Kier alpha value is -0.640. The van der Waals surface area contributed by atoms with Gasteiger partial charge in [0.2, 0.25) is 0 Å². The average molecular weight is 243 g/mol. The summed E-state index contributed by atoms with van der Waals surface area (Å²) in [4.78, 5) is 2.26. The second kappa shape index (κ2) is 5.13. The number of hydrogen-bond donors (Lipinski definition) is 1. The number of halogens is 2. The van der Waals surface area contributed by atoms with E-state index in [2.05, 4.69) is 17.1 Å². The van der Waals surface area contributed by atoms with Crippen LogP contribution in [-0.4, -0.2) is 30.6 Å². The van der Waals surface area contributed by atoms with Crippen molar-refractivity contribution in [3.05, 3.63) is 34.6 Å². The maximum absolute atomic E-state index is 13.6. The fourth-order valence-corrected chi connectivity index (χ4v) is 2.21. The highest BCUT2D eigenvalue weighted by Crippen LogP contribution is 2.16. The van der Waals surface area contributed by atoms with Crippen LogP contribution in [0, 0.1) is 5.82 Å². The minimum absolute atomic E-state index is 0.210. The first-order valence-electron chi connectivity index (χ1n) is 5.55. The van der Waals surface area contributed by atoms with Crippen LogP contribution >= 0.6 is 11.6 Å². The molecule has 2 nitrogen and oxygen atoms in total. The summed E-state index contributed by atoms with van der Waals surface area (Å²) in [7, 11) is 0. The molecule has 0 saturated carbocycles. The van der Waals surface area contributed by atoms with Crippen LogP contribution in [0.1, 0.15) is 12.5 Å². The van der Waals surface area contributed by atoms with Gasteiger partial charge < -0.3 is 5.32 Å². The third kappa shape index (κ3) is 2.94. The molecule has 88 valence electrons. The molecule has 0 aromatic heterocycles. The molecule has 4 heteroatoms. The topological polar surface area (TPSA) is 15.3 Å². The molecule has 16 heavy (non-hydrogen) atoms. The van der Waals surface area contributed by atoms with Gasteiger partial charge in [0.15, 0.2) is 0 Å². The Kier molecular flexibility index (Phi) is 3.79. The SMILES string of the molecule is CC1CN(Cc2ccc(Cl)cc2F)CCN1. The molecular formula is C12H16ClFN2. The highest BCUT2D eigenvalue weighted by molar-refractivity contribution is 6.30. The molecule has 1 atom stereocenters. The smallest absolute Gasteiger partial charge is 0.129 e. The van der Waals surface area contributed by atoms with E-state index in [-0.39, 0.29) is 5.82 Å². The third-order valence-electron chi connectivity index (χ3n) is 2.86. The van der Waals surface area contributed by atoms with Crippen molar-refractivity contribution in [2.75, 3.05) is 19.6 Å². The summed E-state index contributed by atoms with van der Waals surface area (Å²) in [6.45, 7) is 5.70. The molecule has 0 amide bonds. The predicted octanol–water partition coefficient (Wildman–Crippen LogP) is 2.27. The van der Waals surface area contributed by atoms with E-state index in [0.717, 1.165) is 25.2 Å². The molecule has 2 rings (SSSR count). The van der Waals surface area contributed by atoms with E-state index in [1.807, 2.05) is 0 Å². The van der Waals surface area contributed by atoms with Crippen molar-refractivity contribution in [3.8, 4) is 0 Å². The predicted molar refractivity (Wildman–Crippen MR) is 64.2 cm³/mol. The van der Waals surface area contributed by atoms with Gasteiger partial charge in [-0.2, -0.15) is 0 Å². The lowest BCUT2D eigenvalue weighted by Gasteiger charge is -2.31. The van der Waals surface area contributed by atoms with Gasteiger partial charge in [-0.3, -0.25) is 4.90 Å². The van der Waals surface area contributed by atoms with Crippen LogP contribution in [0.5, 0.6) is 0 Å². The number of rotatable bonds is 2. The summed E-state index contributed by atoms with van der Waals surface area (Å²) in [5.74, 6) is -0.210. The number of nitrogens with zero attached hydrogens (tertiary/aromatic N) is 1. The fraction of sp³-hybridized carbons (Fsp3) is 0.500. The molecule has 0 radical (unpaired) electrons. The lowest BCUT2D eigenvalue weighted by atomic mass is 10.1. The highest BCUT2D eigenvalue weighted by Gasteiger charge is 2.16. The quantitative estimate of drug-likeness (QED) is 0.856. The lowest BCUT2D eigenvalue weighted by Crippen LogP contribution is -2.48. The van der Waals surface area contributed by atoms with Crippen LogP contribution in [-0.2, 0) is 6.54 Å². The van der Waals surface area contributed by atoms with Gasteiger partial charge >= 0.3 is 0 Å². The van der Waals surface area contributed by atoms with Crippen molar-refractivity contribution < 1.29 is 4.39 Å². The maximum Gasteiger partial charge on any atom is 0.129 e. The van der Waals surface area contributed by atoms with Crippen LogP contribution in [0.4, 0.5) is 4.39 Å². The van der Waals surface area contributed by atoms with Gasteiger partial charge in [0.25, 0.3) is 0 Å². The van der Waals surface area contributed by atoms with Gasteiger partial charge in [0.1, 0.15) is 5.82 Å². The van der Waals surface area contributed by atoms with Crippen molar-refractivity contribution in [1.29, 1.82) is 0 Å². The Morgan fingerprint density at radius 1 is 1.56 bits per heavy atom. The first-order valence-corrected chi connectivity index (χ1v) is 5.92. The molecule has 1 N–H and O–H groups in total. The fourth-order valence-electron chi connectivity index (χ4n) is 2.05. The Morgan fingerprint density at radius 3 is 3.06 bits per heavy atom. The van der Waals surface area contributed by atoms with Gasteiger partial charge in [0.05, 0.1) is 0 Å². The molecule has 1 fully saturated rings. The molecule has 1 aromatic carbocycles. The van der Waals surface area contributed by atoms with Gasteiger partial charge in [-0.05, 0) is 19.1 Å². The van der Waals surface area contributed by atoms with E-state index in [1.54, 1.807) is 12.1 Å². The Morgan fingerprint density at radius 2 is 2.38 bits per heavy atom. The van der Waals surface area contributed by atoms with E-state index in [4.69, 9.17) is 11.6 Å². The molecule has 1 saturated heterocycles. The van der Waals surface area contributed by atoms with Crippen LogP contribution in [0.2, 0.25) is 5.02 Å². The molecule has 1 unspecified atom stereocenters. The highest BCUT2D eigenvalue weighted by atomic mass is 35.5. The zero-order valence-electron chi connectivity index (χ0n) is 9.34. The van der Waals surface area contributed by atoms with Gasteiger partial charge in [-0.25, -0.2) is 4.39 Å². The normalized spacial score (nSPS) is 22.3. The molecule has 1 aromatic rings. The summed E-state index contributed by atoms with van der Waals surface area (Å²) in [6, 6.07) is 5.36. The molecule has 1 aliphatic rings. The minimum Gasteiger partial charge on any atom is -0.312 e. The zero-order valence-corrected chi connectivity index (χ0v) is 10.1. The number of nitrogens with one attached hydrogen (secondary N) is 1. The summed E-state index contributed by atoms with van der Waals surface area (Å²) in [5.41, 5.74) is 0.721. The molecule has 0 bridgehead atoms. The standard InChI is InChI=1S/C12H16ClFN2/c1-9-7-16(5-4-15-9)8-10-2-3-11(13)6-12(10)14/h2-3,6,9,15H,4-5,7-8H2,1H3. The third-order valence-corrected chi connectivity index (χ3v) is 3.10. The van der Waals surface area contributed by atoms with Gasteiger partial charge in [-0.15, -0.1) is 0 Å². The largest absolute Gasteiger partial charge is 0.312 e. The van der Waals surface area contributed by atoms with E-state index in [1.165, 1.54) is 6.07 Å². The minimum atomic E-state index is -0.210. The van der Waals surface area contributed by atoms with Gasteiger partial charge in [-0.1, -0.05) is 17.7 Å². The second-order valence-corrected chi connectivity index (χ2v) is 4.76. The molecule has 0 aliphatic carbocycles. The first kappa shape index (κ1) is 11.8. The monoisotopic (exact) mass is 242 g/mol. The average Bonchev–Trinajstić information content (AvgIpc) is 2.22. The second-order valence-electron chi connectivity index (χ2n) is 4.33. The number of piperazine rings is 1. The number of benzene rings is 1. The Bertz CT molecular complexity index is 370. The van der Waals surface area contributed by atoms with Crippen LogP contribution in [0.15, 0.2) is 18.2 Å². The molecular weight excluding hydrogens is 227 g/mol. The lowest BCUT2D eigenvalue weighted by molar-refractivity contribution is 0.197. The molecule has 1 heterocycles.